The zero-order chi connectivity index (χ0) is 18.8. The molecule has 0 aliphatic rings. The Kier molecular flexibility index (Phi) is 4.68. The maximum absolute atomic E-state index is 11.9. The fourth-order valence-electron chi connectivity index (χ4n) is 2.74. The van der Waals surface area contributed by atoms with Gasteiger partial charge >= 0.3 is 0 Å². The largest absolute Gasteiger partial charge is 0.292 e. The molecule has 3 aromatic heterocycles. The number of pyridine rings is 1. The Bertz CT molecular complexity index is 1120. The first-order valence-electron chi connectivity index (χ1n) is 8.49. The minimum absolute atomic E-state index is 0.0410. The number of rotatable bonds is 6. The zero-order valence-corrected chi connectivity index (χ0v) is 15.7. The number of benzene rings is 1. The fourth-order valence-corrected chi connectivity index (χ4v) is 3.65. The number of ketones is 1. The highest BCUT2D eigenvalue weighted by Gasteiger charge is 2.17. The summed E-state index contributed by atoms with van der Waals surface area (Å²) in [5.74, 6) is 1.22. The van der Waals surface area contributed by atoms with Crippen molar-refractivity contribution in [2.45, 2.75) is 24.3 Å². The van der Waals surface area contributed by atoms with Crippen molar-refractivity contribution in [1.29, 1.82) is 0 Å². The van der Waals surface area contributed by atoms with Crippen molar-refractivity contribution in [2.75, 3.05) is 0 Å². The number of para-hydroxylation sites is 2. The predicted octanol–water partition coefficient (Wildman–Crippen LogP) is 2.83. The average molecular weight is 379 g/mol. The molecule has 9 heteroatoms. The van der Waals surface area contributed by atoms with Crippen LogP contribution >= 0.6 is 11.8 Å². The van der Waals surface area contributed by atoms with Gasteiger partial charge in [0.25, 0.3) is 5.95 Å². The van der Waals surface area contributed by atoms with E-state index in [-0.39, 0.29) is 5.78 Å². The first-order valence-corrected chi connectivity index (χ1v) is 9.48. The fraction of sp³-hybridized carbons (Fsp3) is 0.222. The third-order valence-corrected chi connectivity index (χ3v) is 5.06. The molecule has 4 rings (SSSR count). The van der Waals surface area contributed by atoms with Crippen LogP contribution in [0.3, 0.4) is 0 Å². The van der Waals surface area contributed by atoms with Crippen LogP contribution < -0.4 is 0 Å². The molecule has 0 aliphatic heterocycles. The van der Waals surface area contributed by atoms with Crippen LogP contribution in [0.25, 0.3) is 17.0 Å². The number of thioether (sulfide) groups is 1. The highest BCUT2D eigenvalue weighted by Crippen LogP contribution is 2.28. The molecule has 8 nitrogen and oxygen atoms in total. The molecular weight excluding hydrogens is 362 g/mol. The van der Waals surface area contributed by atoms with Gasteiger partial charge in [-0.15, -0.1) is 0 Å². The maximum atomic E-state index is 11.9. The second-order valence-corrected chi connectivity index (χ2v) is 6.84. The lowest BCUT2D eigenvalue weighted by atomic mass is 10.2. The van der Waals surface area contributed by atoms with Crippen molar-refractivity contribution in [2.24, 2.45) is 7.05 Å². The summed E-state index contributed by atoms with van der Waals surface area (Å²) in [6.45, 7) is 1.84. The molecule has 0 unspecified atom stereocenters. The van der Waals surface area contributed by atoms with E-state index in [9.17, 15) is 4.79 Å². The van der Waals surface area contributed by atoms with E-state index in [0.29, 0.717) is 23.8 Å². The van der Waals surface area contributed by atoms with E-state index < -0.39 is 0 Å². The highest BCUT2D eigenvalue weighted by molar-refractivity contribution is 7.98. The monoisotopic (exact) mass is 379 g/mol. The first kappa shape index (κ1) is 17.3. The number of imidazole rings is 1. The summed E-state index contributed by atoms with van der Waals surface area (Å²) in [5.41, 5.74) is 3.13. The molecule has 0 saturated heterocycles. The molecular formula is C18H17N7OS. The number of carbonyl (C=O) groups is 1. The van der Waals surface area contributed by atoms with Crippen LogP contribution in [0.5, 0.6) is 0 Å². The van der Waals surface area contributed by atoms with Crippen molar-refractivity contribution in [1.82, 2.24) is 34.7 Å². The second kappa shape index (κ2) is 7.28. The van der Waals surface area contributed by atoms with Crippen molar-refractivity contribution in [3.05, 3.63) is 53.9 Å². The number of fused-ring (bicyclic) bond motifs is 1. The van der Waals surface area contributed by atoms with Crippen LogP contribution in [0.2, 0.25) is 0 Å². The number of Topliss-reactive ketones (excluding diaryl/α,β-unsaturated/α-hetero) is 1. The number of nitrogens with zero attached hydrogens (tertiary/aromatic N) is 7. The molecule has 0 fully saturated rings. The van der Waals surface area contributed by atoms with Crippen molar-refractivity contribution < 1.29 is 4.79 Å². The molecule has 0 spiro atoms. The Morgan fingerprint density at radius 2 is 1.96 bits per heavy atom. The van der Waals surface area contributed by atoms with Crippen LogP contribution in [0.15, 0.2) is 47.6 Å². The van der Waals surface area contributed by atoms with E-state index in [4.69, 9.17) is 4.98 Å². The summed E-state index contributed by atoms with van der Waals surface area (Å²) in [7, 11) is 1.79. The van der Waals surface area contributed by atoms with Crippen LogP contribution in [0.1, 0.15) is 29.5 Å². The smallest absolute Gasteiger partial charge is 0.256 e. The highest BCUT2D eigenvalue weighted by atomic mass is 32.2. The Morgan fingerprint density at radius 3 is 2.74 bits per heavy atom. The molecule has 27 heavy (non-hydrogen) atoms. The van der Waals surface area contributed by atoms with Gasteiger partial charge in [0.2, 0.25) is 0 Å². The number of aryl methyl sites for hydroxylation is 1. The van der Waals surface area contributed by atoms with Crippen molar-refractivity contribution >= 4 is 28.6 Å². The van der Waals surface area contributed by atoms with Gasteiger partial charge in [0.05, 0.1) is 16.7 Å². The molecule has 0 saturated carbocycles. The van der Waals surface area contributed by atoms with Gasteiger partial charge in [-0.2, -0.15) is 0 Å². The van der Waals surface area contributed by atoms with Gasteiger partial charge in [-0.05, 0) is 34.7 Å². The van der Waals surface area contributed by atoms with Crippen molar-refractivity contribution in [3.63, 3.8) is 0 Å². The van der Waals surface area contributed by atoms with E-state index in [2.05, 4.69) is 20.5 Å². The van der Waals surface area contributed by atoms with Gasteiger partial charge in [0, 0.05) is 19.2 Å². The molecule has 1 aromatic carbocycles. The minimum Gasteiger partial charge on any atom is -0.292 e. The van der Waals surface area contributed by atoms with E-state index in [0.717, 1.165) is 21.9 Å². The number of aromatic nitrogens is 7. The van der Waals surface area contributed by atoms with Gasteiger partial charge < -0.3 is 0 Å². The summed E-state index contributed by atoms with van der Waals surface area (Å²) in [4.78, 5) is 21.1. The van der Waals surface area contributed by atoms with Gasteiger partial charge in [-0.25, -0.2) is 14.6 Å². The number of hydrogen-bond donors (Lipinski definition) is 0. The Labute approximate surface area is 159 Å². The number of hydrogen-bond acceptors (Lipinski definition) is 7. The van der Waals surface area contributed by atoms with Crippen LogP contribution in [0, 0.1) is 0 Å². The predicted molar refractivity (Wildman–Crippen MR) is 102 cm³/mol. The van der Waals surface area contributed by atoms with Gasteiger partial charge in [0.1, 0.15) is 5.69 Å². The quantitative estimate of drug-likeness (QED) is 0.376. The van der Waals surface area contributed by atoms with E-state index >= 15 is 0 Å². The molecule has 0 aliphatic carbocycles. The van der Waals surface area contributed by atoms with E-state index in [1.165, 1.54) is 11.8 Å². The van der Waals surface area contributed by atoms with E-state index in [1.807, 2.05) is 47.9 Å². The second-order valence-electron chi connectivity index (χ2n) is 5.90. The lowest BCUT2D eigenvalue weighted by molar-refractivity contribution is 0.0983. The van der Waals surface area contributed by atoms with Gasteiger partial charge in [-0.3, -0.25) is 9.36 Å². The van der Waals surface area contributed by atoms with Crippen LogP contribution in [-0.2, 0) is 12.8 Å². The standard InChI is InChI=1S/C18H17N7OS/c1-3-16(26)14-9-6-7-12(19-14)11-27-18-20-13-8-4-5-10-15(13)25(18)17-21-22-23-24(17)2/h4-10H,3,11H2,1-2H3. The molecule has 136 valence electrons. The Hall–Kier alpha value is -3.07. The molecule has 3 heterocycles. The summed E-state index contributed by atoms with van der Waals surface area (Å²) in [5, 5.41) is 12.6. The third kappa shape index (κ3) is 3.33. The molecule has 0 atom stereocenters. The van der Waals surface area contributed by atoms with Gasteiger partial charge in [0.15, 0.2) is 10.9 Å². The molecule has 0 radical (unpaired) electrons. The zero-order valence-electron chi connectivity index (χ0n) is 14.9. The summed E-state index contributed by atoms with van der Waals surface area (Å²) < 4.78 is 3.54. The molecule has 0 N–H and O–H groups in total. The normalized spacial score (nSPS) is 11.2. The van der Waals surface area contributed by atoms with Gasteiger partial charge in [-0.1, -0.05) is 42.0 Å². The topological polar surface area (TPSA) is 91.4 Å². The summed E-state index contributed by atoms with van der Waals surface area (Å²) >= 11 is 1.53. The van der Waals surface area contributed by atoms with Crippen LogP contribution in [0.4, 0.5) is 0 Å². The lowest BCUT2D eigenvalue weighted by Gasteiger charge is -2.07. The molecule has 0 amide bonds. The number of tetrazole rings is 1. The number of carbonyl (C=O) groups excluding carboxylic acids is 1. The Balaban J connectivity index is 1.69. The third-order valence-electron chi connectivity index (χ3n) is 4.09. The molecule has 0 bridgehead atoms. The van der Waals surface area contributed by atoms with Crippen LogP contribution in [-0.4, -0.2) is 40.5 Å². The maximum Gasteiger partial charge on any atom is 0.256 e. The van der Waals surface area contributed by atoms with Crippen molar-refractivity contribution in [3.8, 4) is 5.95 Å². The lowest BCUT2D eigenvalue weighted by Crippen LogP contribution is -2.06. The summed E-state index contributed by atoms with van der Waals surface area (Å²) in [6.07, 6.45) is 0.443. The Morgan fingerprint density at radius 1 is 1.11 bits per heavy atom. The summed E-state index contributed by atoms with van der Waals surface area (Å²) in [6, 6.07) is 13.4. The van der Waals surface area contributed by atoms with E-state index in [1.54, 1.807) is 17.8 Å². The molecule has 4 aromatic rings. The average Bonchev–Trinajstić information content (AvgIpc) is 3.28. The first-order chi connectivity index (χ1) is 13.2. The minimum atomic E-state index is 0.0410. The SMILES string of the molecule is CCC(=O)c1cccc(CSc2nc3ccccc3n2-c2nnnn2C)n1.